The van der Waals surface area contributed by atoms with E-state index in [1.165, 1.54) is 0 Å². The first-order chi connectivity index (χ1) is 6.26. The van der Waals surface area contributed by atoms with Crippen LogP contribution in [-0.2, 0) is 4.84 Å². The molecule has 0 aromatic rings. The average Bonchev–Trinajstić information content (AvgIpc) is 2.20. The van der Waals surface area contributed by atoms with Crippen molar-refractivity contribution in [2.45, 2.75) is 50.7 Å². The Hall–Kier alpha value is -0.680. The Balaban J connectivity index is 2.45. The van der Waals surface area contributed by atoms with Crippen molar-refractivity contribution in [3.63, 3.8) is 0 Å². The van der Waals surface area contributed by atoms with E-state index in [1.807, 2.05) is 0 Å². The van der Waals surface area contributed by atoms with Gasteiger partial charge in [-0.25, -0.2) is 5.90 Å². The van der Waals surface area contributed by atoms with E-state index in [2.05, 4.69) is 17.3 Å². The third kappa shape index (κ3) is 2.38. The SMILES string of the molecule is CCC1(ON)CCC(N=NN)CC1. The normalized spacial score (nSPS) is 35.4. The molecule has 0 radical (unpaired) electrons. The van der Waals surface area contributed by atoms with Crippen molar-refractivity contribution >= 4 is 0 Å². The van der Waals surface area contributed by atoms with Gasteiger partial charge in [0.15, 0.2) is 0 Å². The molecule has 0 saturated heterocycles. The van der Waals surface area contributed by atoms with Gasteiger partial charge in [0.2, 0.25) is 0 Å². The summed E-state index contributed by atoms with van der Waals surface area (Å²) >= 11 is 0. The maximum absolute atomic E-state index is 5.29. The summed E-state index contributed by atoms with van der Waals surface area (Å²) < 4.78 is 0. The highest BCUT2D eigenvalue weighted by Gasteiger charge is 2.34. The van der Waals surface area contributed by atoms with Crippen LogP contribution in [0.15, 0.2) is 10.3 Å². The Morgan fingerprint density at radius 3 is 2.46 bits per heavy atom. The fraction of sp³-hybridized carbons (Fsp3) is 1.00. The zero-order valence-electron chi connectivity index (χ0n) is 8.07. The summed E-state index contributed by atoms with van der Waals surface area (Å²) in [6.07, 6.45) is 4.78. The van der Waals surface area contributed by atoms with Crippen molar-refractivity contribution < 1.29 is 4.84 Å². The first-order valence-electron chi connectivity index (χ1n) is 4.74. The molecule has 0 spiro atoms. The van der Waals surface area contributed by atoms with E-state index in [-0.39, 0.29) is 11.6 Å². The van der Waals surface area contributed by atoms with E-state index in [0.29, 0.717) is 0 Å². The summed E-state index contributed by atoms with van der Waals surface area (Å²) in [5.74, 6) is 10.3. The number of hydrogen-bond acceptors (Lipinski definition) is 4. The van der Waals surface area contributed by atoms with Crippen LogP contribution < -0.4 is 11.7 Å². The van der Waals surface area contributed by atoms with Crippen molar-refractivity contribution in [2.75, 3.05) is 0 Å². The van der Waals surface area contributed by atoms with Gasteiger partial charge in [-0.3, -0.25) is 4.84 Å². The molecule has 0 bridgehead atoms. The molecule has 0 aromatic carbocycles. The first-order valence-corrected chi connectivity index (χ1v) is 4.74. The maximum atomic E-state index is 5.29. The third-order valence-corrected chi connectivity index (χ3v) is 2.99. The smallest absolute Gasteiger partial charge is 0.0892 e. The Labute approximate surface area is 78.5 Å². The number of rotatable bonds is 3. The summed E-state index contributed by atoms with van der Waals surface area (Å²) in [5.41, 5.74) is -0.124. The monoisotopic (exact) mass is 186 g/mol. The second kappa shape index (κ2) is 4.53. The fourth-order valence-electron chi connectivity index (χ4n) is 1.89. The Kier molecular flexibility index (Phi) is 3.62. The van der Waals surface area contributed by atoms with Gasteiger partial charge in [0.05, 0.1) is 11.6 Å². The van der Waals surface area contributed by atoms with E-state index in [9.17, 15) is 0 Å². The predicted molar refractivity (Wildman–Crippen MR) is 49.6 cm³/mol. The van der Waals surface area contributed by atoms with Crippen LogP contribution in [0.3, 0.4) is 0 Å². The van der Waals surface area contributed by atoms with Gasteiger partial charge in [-0.2, -0.15) is 5.11 Å². The van der Waals surface area contributed by atoms with Crippen LogP contribution in [0.4, 0.5) is 0 Å². The topological polar surface area (TPSA) is 86.0 Å². The van der Waals surface area contributed by atoms with E-state index >= 15 is 0 Å². The maximum Gasteiger partial charge on any atom is 0.0892 e. The number of nitrogens with zero attached hydrogens (tertiary/aromatic N) is 2. The summed E-state index contributed by atoms with van der Waals surface area (Å²) in [5, 5.41) is 7.24. The lowest BCUT2D eigenvalue weighted by molar-refractivity contribution is -0.0778. The summed E-state index contributed by atoms with van der Waals surface area (Å²) in [6.45, 7) is 2.09. The molecule has 1 fully saturated rings. The van der Waals surface area contributed by atoms with Gasteiger partial charge in [-0.15, -0.1) is 0 Å². The molecular formula is C8H18N4O. The number of hydrogen-bond donors (Lipinski definition) is 2. The highest BCUT2D eigenvalue weighted by Crippen LogP contribution is 2.34. The average molecular weight is 186 g/mol. The van der Waals surface area contributed by atoms with Gasteiger partial charge in [-0.05, 0) is 32.1 Å². The van der Waals surface area contributed by atoms with Crippen molar-refractivity contribution in [1.29, 1.82) is 0 Å². The van der Waals surface area contributed by atoms with Crippen LogP contribution >= 0.6 is 0 Å². The van der Waals surface area contributed by atoms with E-state index in [0.717, 1.165) is 32.1 Å². The molecule has 0 aromatic heterocycles. The summed E-state index contributed by atoms with van der Waals surface area (Å²) in [6, 6.07) is 0.264. The molecule has 0 amide bonds. The second-order valence-corrected chi connectivity index (χ2v) is 3.62. The quantitative estimate of drug-likeness (QED) is 0.395. The first kappa shape index (κ1) is 10.4. The molecule has 5 heteroatoms. The molecule has 1 saturated carbocycles. The highest BCUT2D eigenvalue weighted by atomic mass is 16.6. The Morgan fingerprint density at radius 2 is 2.08 bits per heavy atom. The Bertz CT molecular complexity index is 169. The molecule has 0 heterocycles. The van der Waals surface area contributed by atoms with Crippen LogP contribution in [0.5, 0.6) is 0 Å². The van der Waals surface area contributed by atoms with Crippen LogP contribution in [-0.4, -0.2) is 11.6 Å². The number of nitrogens with two attached hydrogens (primary N) is 2. The van der Waals surface area contributed by atoms with Crippen LogP contribution in [0.1, 0.15) is 39.0 Å². The van der Waals surface area contributed by atoms with Gasteiger partial charge in [0.25, 0.3) is 0 Å². The largest absolute Gasteiger partial charge is 0.305 e. The zero-order valence-corrected chi connectivity index (χ0v) is 8.07. The summed E-state index contributed by atoms with van der Waals surface area (Å²) in [7, 11) is 0. The van der Waals surface area contributed by atoms with Crippen molar-refractivity contribution in [2.24, 2.45) is 22.1 Å². The minimum Gasteiger partial charge on any atom is -0.305 e. The molecule has 1 aliphatic carbocycles. The molecule has 4 N–H and O–H groups in total. The second-order valence-electron chi connectivity index (χ2n) is 3.62. The van der Waals surface area contributed by atoms with Gasteiger partial charge in [0.1, 0.15) is 0 Å². The van der Waals surface area contributed by atoms with Crippen LogP contribution in [0, 0.1) is 0 Å². The molecular weight excluding hydrogens is 168 g/mol. The molecule has 0 aliphatic heterocycles. The van der Waals surface area contributed by atoms with Crippen molar-refractivity contribution in [1.82, 2.24) is 0 Å². The van der Waals surface area contributed by atoms with Gasteiger partial charge >= 0.3 is 0 Å². The van der Waals surface area contributed by atoms with Gasteiger partial charge in [0, 0.05) is 0 Å². The lowest BCUT2D eigenvalue weighted by atomic mass is 9.81. The van der Waals surface area contributed by atoms with Crippen LogP contribution in [0.25, 0.3) is 0 Å². The van der Waals surface area contributed by atoms with Crippen LogP contribution in [0.2, 0.25) is 0 Å². The van der Waals surface area contributed by atoms with E-state index in [1.54, 1.807) is 0 Å². The summed E-state index contributed by atoms with van der Waals surface area (Å²) in [4.78, 5) is 5.05. The van der Waals surface area contributed by atoms with E-state index < -0.39 is 0 Å². The standard InChI is InChI=1S/C8H18N4O/c1-2-8(13-10)5-3-7(4-6-8)11-12-9/h7H,2-6,10H2,1H3,(H2,9,11). The van der Waals surface area contributed by atoms with Crippen molar-refractivity contribution in [3.05, 3.63) is 0 Å². The molecule has 0 unspecified atom stereocenters. The van der Waals surface area contributed by atoms with Gasteiger partial charge in [-0.1, -0.05) is 12.1 Å². The Morgan fingerprint density at radius 1 is 1.46 bits per heavy atom. The lowest BCUT2D eigenvalue weighted by Gasteiger charge is -2.35. The zero-order chi connectivity index (χ0) is 9.73. The predicted octanol–water partition coefficient (Wildman–Crippen LogP) is 1.29. The van der Waals surface area contributed by atoms with E-state index in [4.69, 9.17) is 16.6 Å². The molecule has 13 heavy (non-hydrogen) atoms. The molecule has 1 aliphatic rings. The lowest BCUT2D eigenvalue weighted by Crippen LogP contribution is -2.39. The third-order valence-electron chi connectivity index (χ3n) is 2.99. The van der Waals surface area contributed by atoms with Crippen molar-refractivity contribution in [3.8, 4) is 0 Å². The molecule has 5 nitrogen and oxygen atoms in total. The molecule has 1 rings (SSSR count). The highest BCUT2D eigenvalue weighted by molar-refractivity contribution is 4.87. The minimum atomic E-state index is -0.124. The fourth-order valence-corrected chi connectivity index (χ4v) is 1.89. The minimum absolute atomic E-state index is 0.124. The molecule has 76 valence electrons. The molecule has 0 atom stereocenters. The van der Waals surface area contributed by atoms with Gasteiger partial charge < -0.3 is 5.84 Å².